The average molecular weight is 423 g/mol. The first-order valence-corrected chi connectivity index (χ1v) is 10.9. The molecule has 0 radical (unpaired) electrons. The van der Waals surface area contributed by atoms with Crippen molar-refractivity contribution in [2.24, 2.45) is 0 Å². The number of methoxy groups -OCH3 is 1. The number of ether oxygens (including phenoxy) is 1. The Morgan fingerprint density at radius 3 is 2.39 bits per heavy atom. The van der Waals surface area contributed by atoms with Gasteiger partial charge in [-0.25, -0.2) is 0 Å². The van der Waals surface area contributed by atoms with Gasteiger partial charge in [0.2, 0.25) is 5.91 Å². The first-order valence-electron chi connectivity index (χ1n) is 10.9. The van der Waals surface area contributed by atoms with Crippen LogP contribution in [0, 0.1) is 11.3 Å². The zero-order valence-corrected chi connectivity index (χ0v) is 18.9. The maximum Gasteiger partial charge on any atom is 0.238 e. The molecule has 6 heteroatoms. The third-order valence-electron chi connectivity index (χ3n) is 5.22. The van der Waals surface area contributed by atoms with Gasteiger partial charge in [0.25, 0.3) is 0 Å². The number of hydrogen-bond donors (Lipinski definition) is 1. The molecule has 0 saturated carbocycles. The Balaban J connectivity index is 2.00. The van der Waals surface area contributed by atoms with Crippen LogP contribution in [0.2, 0.25) is 0 Å². The second-order valence-electron chi connectivity index (χ2n) is 7.58. The van der Waals surface area contributed by atoms with Crippen molar-refractivity contribution in [2.75, 3.05) is 45.2 Å². The number of anilines is 1. The van der Waals surface area contributed by atoms with E-state index in [-0.39, 0.29) is 5.91 Å². The lowest BCUT2D eigenvalue weighted by Crippen LogP contribution is -2.35. The number of hydrogen-bond acceptors (Lipinski definition) is 5. The van der Waals surface area contributed by atoms with Crippen molar-refractivity contribution in [3.63, 3.8) is 0 Å². The summed E-state index contributed by atoms with van der Waals surface area (Å²) in [5, 5.41) is 12.0. The molecule has 2 aromatic rings. The molecule has 166 valence electrons. The lowest BCUT2D eigenvalue weighted by Gasteiger charge is -2.24. The molecule has 0 fully saturated rings. The molecule has 0 heterocycles. The molecule has 0 bridgehead atoms. The Labute approximate surface area is 186 Å². The van der Waals surface area contributed by atoms with Crippen molar-refractivity contribution < 1.29 is 9.53 Å². The van der Waals surface area contributed by atoms with E-state index < -0.39 is 0 Å². The highest BCUT2D eigenvalue weighted by Gasteiger charge is 2.13. The molecule has 1 N–H and O–H groups in total. The minimum Gasteiger partial charge on any atom is -0.380 e. The molecule has 0 spiro atoms. The number of benzene rings is 2. The number of nitrogens with one attached hydrogen (secondary N) is 1. The van der Waals surface area contributed by atoms with Gasteiger partial charge in [0.1, 0.15) is 0 Å². The largest absolute Gasteiger partial charge is 0.380 e. The van der Waals surface area contributed by atoms with E-state index in [1.165, 1.54) is 0 Å². The first kappa shape index (κ1) is 24.5. The van der Waals surface area contributed by atoms with E-state index in [2.05, 4.69) is 35.0 Å². The van der Waals surface area contributed by atoms with Crippen LogP contribution in [0.3, 0.4) is 0 Å². The second kappa shape index (κ2) is 13.6. The molecule has 0 aliphatic rings. The van der Waals surface area contributed by atoms with E-state index in [9.17, 15) is 4.79 Å². The number of nitrogens with zero attached hydrogens (tertiary/aromatic N) is 3. The molecule has 0 aliphatic carbocycles. The van der Waals surface area contributed by atoms with Gasteiger partial charge < -0.3 is 15.0 Å². The molecular formula is C25H34N4O2. The van der Waals surface area contributed by atoms with E-state index in [0.717, 1.165) is 49.4 Å². The number of amides is 1. The predicted molar refractivity (Wildman–Crippen MR) is 125 cm³/mol. The highest BCUT2D eigenvalue weighted by Crippen LogP contribution is 2.13. The summed E-state index contributed by atoms with van der Waals surface area (Å²) in [7, 11) is 1.66. The summed E-state index contributed by atoms with van der Waals surface area (Å²) in [6.07, 6.45) is 0.995. The van der Waals surface area contributed by atoms with E-state index >= 15 is 0 Å². The highest BCUT2D eigenvalue weighted by atomic mass is 16.5. The minimum atomic E-state index is -0.0361. The average Bonchev–Trinajstić information content (AvgIpc) is 2.77. The lowest BCUT2D eigenvalue weighted by molar-refractivity contribution is -0.117. The summed E-state index contributed by atoms with van der Waals surface area (Å²) in [5.41, 5.74) is 3.54. The quantitative estimate of drug-likeness (QED) is 0.531. The van der Waals surface area contributed by atoms with Gasteiger partial charge in [-0.15, -0.1) is 0 Å². The molecule has 6 nitrogen and oxygen atoms in total. The van der Waals surface area contributed by atoms with Gasteiger partial charge in [0.15, 0.2) is 0 Å². The van der Waals surface area contributed by atoms with E-state index in [1.807, 2.05) is 48.5 Å². The molecule has 2 aromatic carbocycles. The van der Waals surface area contributed by atoms with Gasteiger partial charge >= 0.3 is 0 Å². The fourth-order valence-corrected chi connectivity index (χ4v) is 3.52. The highest BCUT2D eigenvalue weighted by molar-refractivity contribution is 5.92. The van der Waals surface area contributed by atoms with Crippen LogP contribution in [0.1, 0.15) is 37.0 Å². The Morgan fingerprint density at radius 1 is 1.03 bits per heavy atom. The Morgan fingerprint density at radius 2 is 1.74 bits per heavy atom. The summed E-state index contributed by atoms with van der Waals surface area (Å²) in [4.78, 5) is 17.3. The van der Waals surface area contributed by atoms with Crippen molar-refractivity contribution in [1.29, 1.82) is 5.26 Å². The fraction of sp³-hybridized carbons (Fsp3) is 0.440. The zero-order valence-electron chi connectivity index (χ0n) is 18.9. The summed E-state index contributed by atoms with van der Waals surface area (Å²) < 4.78 is 5.17. The molecule has 0 saturated heterocycles. The van der Waals surface area contributed by atoms with Gasteiger partial charge in [-0.3, -0.25) is 9.69 Å². The van der Waals surface area contributed by atoms with E-state index in [1.54, 1.807) is 7.11 Å². The first-order chi connectivity index (χ1) is 15.1. The smallest absolute Gasteiger partial charge is 0.238 e. The molecule has 0 aliphatic heterocycles. The van der Waals surface area contributed by atoms with Crippen molar-refractivity contribution in [2.45, 2.75) is 33.4 Å². The van der Waals surface area contributed by atoms with Crippen LogP contribution in [0.15, 0.2) is 48.5 Å². The fourth-order valence-electron chi connectivity index (χ4n) is 3.52. The number of rotatable bonds is 13. The Hall–Kier alpha value is -2.72. The van der Waals surface area contributed by atoms with Gasteiger partial charge in [0, 0.05) is 25.9 Å². The molecular weight excluding hydrogens is 388 g/mol. The molecule has 0 atom stereocenters. The predicted octanol–water partition coefficient (Wildman–Crippen LogP) is 3.88. The normalized spacial score (nSPS) is 11.0. The van der Waals surface area contributed by atoms with Gasteiger partial charge in [0.05, 0.1) is 24.8 Å². The maximum absolute atomic E-state index is 12.8. The van der Waals surface area contributed by atoms with Crippen molar-refractivity contribution in [1.82, 2.24) is 9.80 Å². The van der Waals surface area contributed by atoms with Crippen molar-refractivity contribution in [3.05, 3.63) is 65.2 Å². The molecule has 31 heavy (non-hydrogen) atoms. The summed E-state index contributed by atoms with van der Waals surface area (Å²) in [5.74, 6) is -0.0361. The third-order valence-corrected chi connectivity index (χ3v) is 5.22. The van der Waals surface area contributed by atoms with Crippen molar-refractivity contribution >= 4 is 11.6 Å². The maximum atomic E-state index is 12.8. The molecule has 0 aromatic heterocycles. The molecule has 1 amide bonds. The molecule has 0 unspecified atom stereocenters. The van der Waals surface area contributed by atoms with Crippen LogP contribution in [0.5, 0.6) is 0 Å². The standard InChI is InChI=1S/C25H34N4O2/c1-4-28(5-2)14-7-15-29(18-22-12-10-21(17-26)11-13-22)19-25(30)27-24-9-6-8-23(16-24)20-31-3/h6,8-13,16H,4-5,7,14-15,18-20H2,1-3H3,(H,27,30). The van der Waals surface area contributed by atoms with Crippen LogP contribution < -0.4 is 5.32 Å². The second-order valence-corrected chi connectivity index (χ2v) is 7.58. The third kappa shape index (κ3) is 8.89. The van der Waals surface area contributed by atoms with Crippen LogP contribution in [0.4, 0.5) is 5.69 Å². The van der Waals surface area contributed by atoms with Gasteiger partial charge in [-0.05, 0) is 61.4 Å². The van der Waals surface area contributed by atoms with E-state index in [0.29, 0.717) is 25.3 Å². The minimum absolute atomic E-state index is 0.0361. The SMILES string of the molecule is CCN(CC)CCCN(CC(=O)Nc1cccc(COC)c1)Cc1ccc(C#N)cc1. The van der Waals surface area contributed by atoms with Gasteiger partial charge in [-0.2, -0.15) is 5.26 Å². The van der Waals surface area contributed by atoms with Crippen LogP contribution >= 0.6 is 0 Å². The van der Waals surface area contributed by atoms with E-state index in [4.69, 9.17) is 10.00 Å². The van der Waals surface area contributed by atoms with Crippen LogP contribution in [-0.4, -0.2) is 55.5 Å². The Bertz CT molecular complexity index is 841. The number of nitriles is 1. The number of carbonyl (C=O) groups excluding carboxylic acids is 1. The summed E-state index contributed by atoms with van der Waals surface area (Å²) in [6.45, 7) is 9.74. The summed E-state index contributed by atoms with van der Waals surface area (Å²) >= 11 is 0. The summed E-state index contributed by atoms with van der Waals surface area (Å²) in [6, 6.07) is 17.4. The van der Waals surface area contributed by atoms with Crippen LogP contribution in [0.25, 0.3) is 0 Å². The van der Waals surface area contributed by atoms with Crippen molar-refractivity contribution in [3.8, 4) is 6.07 Å². The number of carbonyl (C=O) groups is 1. The monoisotopic (exact) mass is 422 g/mol. The van der Waals surface area contributed by atoms with Gasteiger partial charge in [-0.1, -0.05) is 38.1 Å². The lowest BCUT2D eigenvalue weighted by atomic mass is 10.1. The Kier molecular flexibility index (Phi) is 10.7. The molecule has 2 rings (SSSR count). The zero-order chi connectivity index (χ0) is 22.5. The topological polar surface area (TPSA) is 68.6 Å². The van der Waals surface area contributed by atoms with Crippen LogP contribution in [-0.2, 0) is 22.7 Å².